The summed E-state index contributed by atoms with van der Waals surface area (Å²) in [4.78, 5) is 31.7. The van der Waals surface area contributed by atoms with E-state index in [-0.39, 0.29) is 5.56 Å². The third kappa shape index (κ3) is 2.95. The van der Waals surface area contributed by atoms with Gasteiger partial charge in [-0.1, -0.05) is 42.5 Å². The third-order valence-corrected chi connectivity index (χ3v) is 4.29. The fourth-order valence-corrected chi connectivity index (χ4v) is 2.90. The molecule has 0 aliphatic rings. The van der Waals surface area contributed by atoms with E-state index in [1.165, 1.54) is 0 Å². The molecular weight excluding hydrogens is 328 g/mol. The Kier molecular flexibility index (Phi) is 3.97. The lowest BCUT2D eigenvalue weighted by molar-refractivity contribution is 0.0320. The van der Waals surface area contributed by atoms with Crippen LogP contribution in [0.15, 0.2) is 71.5 Å². The zero-order valence-corrected chi connectivity index (χ0v) is 14.1. The maximum absolute atomic E-state index is 12.5. The van der Waals surface area contributed by atoms with Gasteiger partial charge in [0.2, 0.25) is 0 Å². The minimum atomic E-state index is -0.675. The Hall–Kier alpha value is -3.47. The monoisotopic (exact) mass is 344 g/mol. The fraction of sp³-hybridized carbons (Fsp3) is 0.0952. The van der Waals surface area contributed by atoms with E-state index < -0.39 is 12.1 Å². The van der Waals surface area contributed by atoms with Crippen LogP contribution in [0.1, 0.15) is 29.2 Å². The number of aromatic amines is 1. The van der Waals surface area contributed by atoms with Crippen LogP contribution >= 0.6 is 0 Å². The first-order valence-corrected chi connectivity index (χ1v) is 8.30. The van der Waals surface area contributed by atoms with E-state index in [9.17, 15) is 9.59 Å². The highest BCUT2D eigenvalue weighted by Gasteiger charge is 2.17. The van der Waals surface area contributed by atoms with E-state index in [1.54, 1.807) is 37.3 Å². The molecule has 3 aromatic carbocycles. The number of fused-ring (bicyclic) bond motifs is 2. The second kappa shape index (κ2) is 6.44. The number of aromatic nitrogens is 2. The van der Waals surface area contributed by atoms with Crippen molar-refractivity contribution in [1.29, 1.82) is 0 Å². The molecule has 0 saturated carbocycles. The van der Waals surface area contributed by atoms with Crippen LogP contribution in [0.25, 0.3) is 21.7 Å². The van der Waals surface area contributed by atoms with Gasteiger partial charge >= 0.3 is 5.97 Å². The maximum atomic E-state index is 12.5. The lowest BCUT2D eigenvalue weighted by atomic mass is 10.1. The van der Waals surface area contributed by atoms with Crippen LogP contribution < -0.4 is 5.56 Å². The Bertz CT molecular complexity index is 1180. The lowest BCUT2D eigenvalue weighted by Crippen LogP contribution is -2.17. The van der Waals surface area contributed by atoms with Crippen LogP contribution in [0.4, 0.5) is 0 Å². The molecule has 0 unspecified atom stereocenters. The highest BCUT2D eigenvalue weighted by molar-refractivity contribution is 5.95. The minimum absolute atomic E-state index is 0.251. The zero-order valence-electron chi connectivity index (χ0n) is 14.1. The molecule has 0 spiro atoms. The van der Waals surface area contributed by atoms with Gasteiger partial charge in [0.15, 0.2) is 11.9 Å². The van der Waals surface area contributed by atoms with Crippen LogP contribution in [-0.2, 0) is 4.74 Å². The molecule has 0 bridgehead atoms. The average Bonchev–Trinajstić information content (AvgIpc) is 2.67. The summed E-state index contributed by atoms with van der Waals surface area (Å²) in [5, 5.41) is 2.52. The molecule has 0 saturated heterocycles. The number of hydrogen-bond acceptors (Lipinski definition) is 4. The molecule has 5 heteroatoms. The highest BCUT2D eigenvalue weighted by Crippen LogP contribution is 2.20. The summed E-state index contributed by atoms with van der Waals surface area (Å²) in [6, 6.07) is 20.2. The molecule has 26 heavy (non-hydrogen) atoms. The lowest BCUT2D eigenvalue weighted by Gasteiger charge is -2.13. The maximum Gasteiger partial charge on any atom is 0.338 e. The van der Waals surface area contributed by atoms with Crippen molar-refractivity contribution in [3.63, 3.8) is 0 Å². The summed E-state index contributed by atoms with van der Waals surface area (Å²) in [6.07, 6.45) is -0.675. The number of H-pyrrole nitrogens is 1. The number of esters is 1. The molecule has 0 aliphatic heterocycles. The Labute approximate surface area is 149 Å². The summed E-state index contributed by atoms with van der Waals surface area (Å²) >= 11 is 0. The molecular formula is C21H16N2O3. The summed E-state index contributed by atoms with van der Waals surface area (Å²) in [5.74, 6) is -0.137. The van der Waals surface area contributed by atoms with Crippen LogP contribution in [-0.4, -0.2) is 15.9 Å². The van der Waals surface area contributed by atoms with Gasteiger partial charge in [-0.25, -0.2) is 9.78 Å². The zero-order chi connectivity index (χ0) is 18.1. The molecule has 0 fully saturated rings. The van der Waals surface area contributed by atoms with Crippen LogP contribution in [0.5, 0.6) is 0 Å². The molecule has 4 aromatic rings. The number of ether oxygens (including phenoxy) is 1. The van der Waals surface area contributed by atoms with E-state index in [2.05, 4.69) is 9.97 Å². The van der Waals surface area contributed by atoms with Gasteiger partial charge in [0.25, 0.3) is 5.56 Å². The van der Waals surface area contributed by atoms with Crippen molar-refractivity contribution in [2.75, 3.05) is 0 Å². The number of hydrogen-bond donors (Lipinski definition) is 1. The average molecular weight is 344 g/mol. The fourth-order valence-electron chi connectivity index (χ4n) is 2.90. The van der Waals surface area contributed by atoms with Crippen molar-refractivity contribution in [2.45, 2.75) is 13.0 Å². The van der Waals surface area contributed by atoms with Crippen molar-refractivity contribution >= 4 is 27.6 Å². The second-order valence-corrected chi connectivity index (χ2v) is 6.08. The van der Waals surface area contributed by atoms with E-state index in [1.807, 2.05) is 36.4 Å². The van der Waals surface area contributed by atoms with Gasteiger partial charge in [-0.3, -0.25) is 4.79 Å². The molecule has 4 rings (SSSR count). The topological polar surface area (TPSA) is 72.0 Å². The quantitative estimate of drug-likeness (QED) is 0.570. The predicted octanol–water partition coefficient (Wildman–Crippen LogP) is 3.99. The smallest absolute Gasteiger partial charge is 0.338 e. The largest absolute Gasteiger partial charge is 0.451 e. The van der Waals surface area contributed by atoms with Gasteiger partial charge in [0.05, 0.1) is 16.5 Å². The Morgan fingerprint density at radius 2 is 1.73 bits per heavy atom. The molecule has 128 valence electrons. The Morgan fingerprint density at radius 1 is 1.00 bits per heavy atom. The van der Waals surface area contributed by atoms with E-state index >= 15 is 0 Å². The number of rotatable bonds is 3. The number of carbonyl (C=O) groups excluding carboxylic acids is 1. The number of carbonyl (C=O) groups is 1. The minimum Gasteiger partial charge on any atom is -0.451 e. The number of nitrogens with one attached hydrogen (secondary N) is 1. The molecule has 0 amide bonds. The number of nitrogens with zero attached hydrogens (tertiary/aromatic N) is 1. The molecule has 1 atom stereocenters. The van der Waals surface area contributed by atoms with Gasteiger partial charge < -0.3 is 9.72 Å². The van der Waals surface area contributed by atoms with E-state index in [4.69, 9.17) is 4.74 Å². The van der Waals surface area contributed by atoms with E-state index in [0.717, 1.165) is 10.8 Å². The first-order chi connectivity index (χ1) is 12.6. The van der Waals surface area contributed by atoms with Gasteiger partial charge in [-0.2, -0.15) is 0 Å². The van der Waals surface area contributed by atoms with Gasteiger partial charge in [-0.15, -0.1) is 0 Å². The van der Waals surface area contributed by atoms with E-state index in [0.29, 0.717) is 22.3 Å². The number of benzene rings is 3. The first kappa shape index (κ1) is 16.0. The van der Waals surface area contributed by atoms with Crippen molar-refractivity contribution in [2.24, 2.45) is 0 Å². The van der Waals surface area contributed by atoms with Crippen LogP contribution in [0.2, 0.25) is 0 Å². The molecule has 0 radical (unpaired) electrons. The Morgan fingerprint density at radius 3 is 2.58 bits per heavy atom. The number of para-hydroxylation sites is 1. The van der Waals surface area contributed by atoms with Gasteiger partial charge in [0.1, 0.15) is 0 Å². The van der Waals surface area contributed by atoms with Crippen molar-refractivity contribution in [3.8, 4) is 0 Å². The summed E-state index contributed by atoms with van der Waals surface area (Å²) in [5.41, 5.74) is 0.776. The summed E-state index contributed by atoms with van der Waals surface area (Å²) < 4.78 is 5.50. The second-order valence-electron chi connectivity index (χ2n) is 6.08. The molecule has 0 aliphatic carbocycles. The molecule has 5 nitrogen and oxygen atoms in total. The summed E-state index contributed by atoms with van der Waals surface area (Å²) in [6.45, 7) is 1.69. The third-order valence-electron chi connectivity index (χ3n) is 4.29. The molecule has 1 N–H and O–H groups in total. The van der Waals surface area contributed by atoms with Crippen molar-refractivity contribution < 1.29 is 9.53 Å². The molecule has 1 aromatic heterocycles. The Balaban J connectivity index is 1.61. The van der Waals surface area contributed by atoms with Gasteiger partial charge in [-0.05, 0) is 42.0 Å². The standard InChI is InChI=1S/C21H16N2O3/c1-13(19-22-18-9-5-4-8-17(18)20(24)23-19)26-21(25)16-11-10-14-6-2-3-7-15(14)12-16/h2-13H,1H3,(H,22,23,24)/t13-/m1/s1. The van der Waals surface area contributed by atoms with Gasteiger partial charge in [0, 0.05) is 0 Å². The normalized spacial score (nSPS) is 12.2. The van der Waals surface area contributed by atoms with Crippen LogP contribution in [0, 0.1) is 0 Å². The van der Waals surface area contributed by atoms with Crippen LogP contribution in [0.3, 0.4) is 0 Å². The van der Waals surface area contributed by atoms with Crippen molar-refractivity contribution in [3.05, 3.63) is 88.5 Å². The van der Waals surface area contributed by atoms with Crippen molar-refractivity contribution in [1.82, 2.24) is 9.97 Å². The summed E-state index contributed by atoms with van der Waals surface area (Å²) in [7, 11) is 0. The first-order valence-electron chi connectivity index (χ1n) is 8.30. The predicted molar refractivity (Wildman–Crippen MR) is 100 cm³/mol. The SMILES string of the molecule is C[C@@H](OC(=O)c1ccc2ccccc2c1)c1nc2ccccc2c(=O)[nH]1. The highest BCUT2D eigenvalue weighted by atomic mass is 16.5. The molecule has 1 heterocycles.